The Morgan fingerprint density at radius 1 is 1.31 bits per heavy atom. The van der Waals surface area contributed by atoms with Crippen molar-refractivity contribution < 1.29 is 0 Å². The second-order valence-corrected chi connectivity index (χ2v) is 4.05. The number of aromatic nitrogens is 1. The number of hydrogen-bond donors (Lipinski definition) is 1. The van der Waals surface area contributed by atoms with E-state index in [0.29, 0.717) is 0 Å². The number of hydrogen-bond acceptors (Lipinski definition) is 2. The number of para-hydroxylation sites is 1. The molecule has 2 heteroatoms. The minimum absolute atomic E-state index is 0.857. The highest BCUT2D eigenvalue weighted by molar-refractivity contribution is 5.81. The molecule has 16 heavy (non-hydrogen) atoms. The summed E-state index contributed by atoms with van der Waals surface area (Å²) in [6.07, 6.45) is 1.86. The molecule has 0 saturated carbocycles. The maximum Gasteiger partial charge on any atom is 0.0705 e. The summed E-state index contributed by atoms with van der Waals surface area (Å²) < 4.78 is 0. The maximum atomic E-state index is 4.34. The lowest BCUT2D eigenvalue weighted by Crippen LogP contribution is -2.15. The molecule has 0 saturated heterocycles. The Morgan fingerprint density at radius 2 is 2.12 bits per heavy atom. The molecule has 0 fully saturated rings. The van der Waals surface area contributed by atoms with Crippen molar-refractivity contribution in [2.45, 2.75) is 13.5 Å². The number of nitrogens with zero attached hydrogens (tertiary/aromatic N) is 1. The molecule has 0 aliphatic rings. The molecule has 0 aliphatic carbocycles. The van der Waals surface area contributed by atoms with Gasteiger partial charge in [-0.05, 0) is 24.6 Å². The molecule has 82 valence electrons. The van der Waals surface area contributed by atoms with Crippen molar-refractivity contribution in [3.63, 3.8) is 0 Å². The number of benzene rings is 1. The molecule has 1 N–H and O–H groups in total. The van der Waals surface area contributed by atoms with Crippen LogP contribution in [0.5, 0.6) is 0 Å². The third-order valence-electron chi connectivity index (χ3n) is 2.48. The van der Waals surface area contributed by atoms with Crippen molar-refractivity contribution >= 4 is 10.9 Å². The van der Waals surface area contributed by atoms with Gasteiger partial charge in [0.15, 0.2) is 0 Å². The van der Waals surface area contributed by atoms with Crippen LogP contribution in [0, 0.1) is 0 Å². The molecule has 1 heterocycles. The van der Waals surface area contributed by atoms with Crippen LogP contribution in [0.2, 0.25) is 0 Å². The Balaban J connectivity index is 2.20. The summed E-state index contributed by atoms with van der Waals surface area (Å²) in [6.45, 7) is 7.61. The molecule has 0 atom stereocenters. The molecule has 2 rings (SSSR count). The molecule has 0 radical (unpaired) electrons. The van der Waals surface area contributed by atoms with Crippen LogP contribution in [0.3, 0.4) is 0 Å². The monoisotopic (exact) mass is 212 g/mol. The number of fused-ring (bicyclic) bond motifs is 1. The van der Waals surface area contributed by atoms with Crippen molar-refractivity contribution in [1.82, 2.24) is 10.3 Å². The van der Waals surface area contributed by atoms with Gasteiger partial charge < -0.3 is 5.32 Å². The van der Waals surface area contributed by atoms with Crippen LogP contribution in [0.1, 0.15) is 12.5 Å². The quantitative estimate of drug-likeness (QED) is 0.788. The first-order chi connectivity index (χ1) is 7.77. The van der Waals surface area contributed by atoms with E-state index in [1.54, 1.807) is 0 Å². The predicted molar refractivity (Wildman–Crippen MR) is 68.3 cm³/mol. The van der Waals surface area contributed by atoms with Crippen LogP contribution in [0.25, 0.3) is 10.9 Å². The van der Waals surface area contributed by atoms with Gasteiger partial charge in [-0.1, -0.05) is 30.4 Å². The van der Waals surface area contributed by atoms with Crippen molar-refractivity contribution in [1.29, 1.82) is 0 Å². The van der Waals surface area contributed by atoms with Crippen molar-refractivity contribution in [2.75, 3.05) is 6.54 Å². The summed E-state index contributed by atoms with van der Waals surface area (Å²) in [4.78, 5) is 4.34. The van der Waals surface area contributed by atoms with Gasteiger partial charge >= 0.3 is 0 Å². The molecule has 1 aromatic heterocycles. The third kappa shape index (κ3) is 2.47. The SMILES string of the molecule is C=C(C)CNCc1ccnc2ccccc12. The first-order valence-electron chi connectivity index (χ1n) is 5.45. The van der Waals surface area contributed by atoms with Gasteiger partial charge in [-0.2, -0.15) is 0 Å². The van der Waals surface area contributed by atoms with E-state index in [-0.39, 0.29) is 0 Å². The van der Waals surface area contributed by atoms with Crippen LogP contribution >= 0.6 is 0 Å². The highest BCUT2D eigenvalue weighted by Gasteiger charge is 2.00. The average Bonchev–Trinajstić information content (AvgIpc) is 2.29. The summed E-state index contributed by atoms with van der Waals surface area (Å²) >= 11 is 0. The van der Waals surface area contributed by atoms with E-state index in [2.05, 4.69) is 29.0 Å². The topological polar surface area (TPSA) is 24.9 Å². The van der Waals surface area contributed by atoms with Gasteiger partial charge in [-0.15, -0.1) is 0 Å². The first-order valence-corrected chi connectivity index (χ1v) is 5.45. The molecule has 1 aromatic carbocycles. The van der Waals surface area contributed by atoms with Gasteiger partial charge in [-0.3, -0.25) is 4.98 Å². The summed E-state index contributed by atoms with van der Waals surface area (Å²) in [5, 5.41) is 4.59. The third-order valence-corrected chi connectivity index (χ3v) is 2.48. The van der Waals surface area contributed by atoms with E-state index in [1.165, 1.54) is 10.9 Å². The van der Waals surface area contributed by atoms with Gasteiger partial charge in [0.05, 0.1) is 5.52 Å². The lowest BCUT2D eigenvalue weighted by Gasteiger charge is -2.07. The maximum absolute atomic E-state index is 4.34. The van der Waals surface area contributed by atoms with E-state index < -0.39 is 0 Å². The number of pyridine rings is 1. The van der Waals surface area contributed by atoms with Crippen molar-refractivity contribution in [2.24, 2.45) is 0 Å². The fourth-order valence-corrected chi connectivity index (χ4v) is 1.72. The fourth-order valence-electron chi connectivity index (χ4n) is 1.72. The molecule has 2 aromatic rings. The van der Waals surface area contributed by atoms with Crippen molar-refractivity contribution in [3.05, 3.63) is 54.2 Å². The van der Waals surface area contributed by atoms with Gasteiger partial charge in [0.1, 0.15) is 0 Å². The Morgan fingerprint density at radius 3 is 2.94 bits per heavy atom. The molecule has 2 nitrogen and oxygen atoms in total. The Hall–Kier alpha value is -1.67. The Kier molecular flexibility index (Phi) is 3.32. The van der Waals surface area contributed by atoms with E-state index in [1.807, 2.05) is 31.3 Å². The standard InChI is InChI=1S/C14H16N2/c1-11(2)9-15-10-12-7-8-16-14-6-4-3-5-13(12)14/h3-8,15H,1,9-10H2,2H3. The molecular formula is C14H16N2. The number of rotatable bonds is 4. The molecule has 0 bridgehead atoms. The predicted octanol–water partition coefficient (Wildman–Crippen LogP) is 2.90. The zero-order chi connectivity index (χ0) is 11.4. The minimum atomic E-state index is 0.857. The van der Waals surface area contributed by atoms with E-state index in [9.17, 15) is 0 Å². The Labute approximate surface area is 96.0 Å². The zero-order valence-corrected chi connectivity index (χ0v) is 9.53. The molecule has 0 aliphatic heterocycles. The highest BCUT2D eigenvalue weighted by Crippen LogP contribution is 2.15. The van der Waals surface area contributed by atoms with Crippen LogP contribution in [-0.4, -0.2) is 11.5 Å². The molecule has 0 unspecified atom stereocenters. The van der Waals surface area contributed by atoms with Crippen LogP contribution < -0.4 is 5.32 Å². The van der Waals surface area contributed by atoms with Crippen LogP contribution in [0.4, 0.5) is 0 Å². The minimum Gasteiger partial charge on any atom is -0.309 e. The summed E-state index contributed by atoms with van der Waals surface area (Å²) in [5.74, 6) is 0. The highest BCUT2D eigenvalue weighted by atomic mass is 14.8. The fraction of sp³-hybridized carbons (Fsp3) is 0.214. The average molecular weight is 212 g/mol. The second kappa shape index (κ2) is 4.90. The zero-order valence-electron chi connectivity index (χ0n) is 9.53. The lowest BCUT2D eigenvalue weighted by atomic mass is 10.1. The van der Waals surface area contributed by atoms with Gasteiger partial charge in [0.25, 0.3) is 0 Å². The lowest BCUT2D eigenvalue weighted by molar-refractivity contribution is 0.744. The first kappa shape index (κ1) is 10.8. The van der Waals surface area contributed by atoms with Gasteiger partial charge in [-0.25, -0.2) is 0 Å². The Bertz CT molecular complexity index is 498. The van der Waals surface area contributed by atoms with E-state index in [4.69, 9.17) is 0 Å². The largest absolute Gasteiger partial charge is 0.309 e. The number of nitrogens with one attached hydrogen (secondary N) is 1. The summed E-state index contributed by atoms with van der Waals surface area (Å²) in [7, 11) is 0. The van der Waals surface area contributed by atoms with Gasteiger partial charge in [0.2, 0.25) is 0 Å². The normalized spacial score (nSPS) is 10.6. The van der Waals surface area contributed by atoms with E-state index in [0.717, 1.165) is 24.2 Å². The second-order valence-electron chi connectivity index (χ2n) is 4.05. The molecular weight excluding hydrogens is 196 g/mol. The van der Waals surface area contributed by atoms with Gasteiger partial charge in [0, 0.05) is 24.7 Å². The van der Waals surface area contributed by atoms with Crippen LogP contribution in [0.15, 0.2) is 48.7 Å². The summed E-state index contributed by atoms with van der Waals surface area (Å²) in [5.41, 5.74) is 3.49. The van der Waals surface area contributed by atoms with Crippen molar-refractivity contribution in [3.8, 4) is 0 Å². The smallest absolute Gasteiger partial charge is 0.0705 e. The molecule has 0 amide bonds. The van der Waals surface area contributed by atoms with Crippen LogP contribution in [-0.2, 0) is 6.54 Å². The molecule has 0 spiro atoms. The van der Waals surface area contributed by atoms with E-state index >= 15 is 0 Å². The summed E-state index contributed by atoms with van der Waals surface area (Å²) in [6, 6.07) is 10.3.